The largest absolute Gasteiger partial charge is 0.478 e. The minimum atomic E-state index is -1.09. The van der Waals surface area contributed by atoms with Gasteiger partial charge in [0.1, 0.15) is 22.6 Å². The summed E-state index contributed by atoms with van der Waals surface area (Å²) in [6, 6.07) is 4.48. The fraction of sp³-hybridized carbons (Fsp3) is 0.267. The topological polar surface area (TPSA) is 104 Å². The van der Waals surface area contributed by atoms with Gasteiger partial charge in [-0.05, 0) is 32.0 Å². The molecule has 2 rings (SSSR count). The lowest BCUT2D eigenvalue weighted by Gasteiger charge is -2.15. The molecule has 0 aliphatic heterocycles. The minimum absolute atomic E-state index is 0.0230. The number of H-pyrrole nitrogens is 1. The van der Waals surface area contributed by atoms with E-state index in [0.29, 0.717) is 11.5 Å². The van der Waals surface area contributed by atoms with Gasteiger partial charge in [-0.25, -0.2) is 4.79 Å². The van der Waals surface area contributed by atoms with Gasteiger partial charge in [0.2, 0.25) is 0 Å². The molecule has 0 fully saturated rings. The summed E-state index contributed by atoms with van der Waals surface area (Å²) in [6.45, 7) is 3.33. The van der Waals surface area contributed by atoms with Crippen LogP contribution in [0.4, 0.5) is 0 Å². The van der Waals surface area contributed by atoms with E-state index in [4.69, 9.17) is 9.52 Å². The molecular formula is C15H16N2O5. The molecule has 116 valence electrons. The predicted octanol–water partition coefficient (Wildman–Crippen LogP) is 1.56. The molecular weight excluding hydrogens is 288 g/mol. The molecule has 0 radical (unpaired) electrons. The van der Waals surface area contributed by atoms with Crippen molar-refractivity contribution < 1.29 is 19.1 Å². The molecule has 0 atom stereocenters. The highest BCUT2D eigenvalue weighted by atomic mass is 16.4. The number of furan rings is 1. The van der Waals surface area contributed by atoms with Gasteiger partial charge >= 0.3 is 5.97 Å². The number of nitrogens with one attached hydrogen (secondary N) is 1. The van der Waals surface area contributed by atoms with Crippen LogP contribution >= 0.6 is 0 Å². The summed E-state index contributed by atoms with van der Waals surface area (Å²) >= 11 is 0. The number of aryl methyl sites for hydroxylation is 2. The zero-order valence-corrected chi connectivity index (χ0v) is 12.5. The quantitative estimate of drug-likeness (QED) is 0.892. The van der Waals surface area contributed by atoms with Crippen molar-refractivity contribution >= 4 is 11.9 Å². The molecule has 0 bridgehead atoms. The summed E-state index contributed by atoms with van der Waals surface area (Å²) in [4.78, 5) is 38.9. The Hall–Kier alpha value is -2.83. The number of pyridine rings is 1. The zero-order chi connectivity index (χ0) is 16.4. The average molecular weight is 304 g/mol. The van der Waals surface area contributed by atoms with Gasteiger partial charge in [-0.15, -0.1) is 0 Å². The summed E-state index contributed by atoms with van der Waals surface area (Å²) < 4.78 is 5.32. The number of carboxylic acid groups (broad SMARTS) is 1. The van der Waals surface area contributed by atoms with Gasteiger partial charge in [-0.3, -0.25) is 9.59 Å². The highest BCUT2D eigenvalue weighted by molar-refractivity contribution is 5.93. The predicted molar refractivity (Wildman–Crippen MR) is 78.0 cm³/mol. The Balaban J connectivity index is 2.19. The molecule has 7 nitrogen and oxygen atoms in total. The number of aromatic nitrogens is 1. The van der Waals surface area contributed by atoms with Crippen molar-refractivity contribution in [2.75, 3.05) is 7.05 Å². The SMILES string of the molecule is Cc1ccc(C(=O)N(C)Cc2cc(C(=O)O)c(C)o2)c(=O)[nH]1. The lowest BCUT2D eigenvalue weighted by Crippen LogP contribution is -2.31. The van der Waals surface area contributed by atoms with Crippen molar-refractivity contribution in [2.45, 2.75) is 20.4 Å². The van der Waals surface area contributed by atoms with E-state index in [1.807, 2.05) is 0 Å². The van der Waals surface area contributed by atoms with Gasteiger partial charge in [0.05, 0.1) is 6.54 Å². The number of nitrogens with zero attached hydrogens (tertiary/aromatic N) is 1. The Morgan fingerprint density at radius 2 is 1.95 bits per heavy atom. The Morgan fingerprint density at radius 3 is 2.50 bits per heavy atom. The lowest BCUT2D eigenvalue weighted by molar-refractivity contribution is 0.0694. The number of aromatic amines is 1. The summed E-state index contributed by atoms with van der Waals surface area (Å²) in [5, 5.41) is 8.98. The van der Waals surface area contributed by atoms with Gasteiger partial charge in [-0.2, -0.15) is 0 Å². The first-order chi connectivity index (χ1) is 10.3. The molecule has 1 amide bonds. The van der Waals surface area contributed by atoms with E-state index in [9.17, 15) is 14.4 Å². The van der Waals surface area contributed by atoms with Crippen molar-refractivity contribution in [3.8, 4) is 0 Å². The third kappa shape index (κ3) is 3.08. The van der Waals surface area contributed by atoms with Crippen molar-refractivity contribution in [3.05, 3.63) is 56.9 Å². The van der Waals surface area contributed by atoms with E-state index in [-0.39, 0.29) is 23.4 Å². The van der Waals surface area contributed by atoms with Crippen LogP contribution in [0.3, 0.4) is 0 Å². The van der Waals surface area contributed by atoms with Gasteiger partial charge in [0.15, 0.2) is 0 Å². The third-order valence-electron chi connectivity index (χ3n) is 3.22. The molecule has 0 aromatic carbocycles. The number of hydrogen-bond acceptors (Lipinski definition) is 4. The maximum Gasteiger partial charge on any atom is 0.339 e. The lowest BCUT2D eigenvalue weighted by atomic mass is 10.2. The second-order valence-corrected chi connectivity index (χ2v) is 5.03. The van der Waals surface area contributed by atoms with Crippen LogP contribution in [-0.4, -0.2) is 33.9 Å². The normalized spacial score (nSPS) is 10.5. The number of carboxylic acids is 1. The van der Waals surface area contributed by atoms with Crippen LogP contribution in [0, 0.1) is 13.8 Å². The summed E-state index contributed by atoms with van der Waals surface area (Å²) in [5.41, 5.74) is 0.287. The second kappa shape index (κ2) is 5.88. The molecule has 0 unspecified atom stereocenters. The van der Waals surface area contributed by atoms with E-state index in [0.717, 1.165) is 0 Å². The van der Waals surface area contributed by atoms with Crippen LogP contribution in [0.5, 0.6) is 0 Å². The standard InChI is InChI=1S/C15H16N2O5/c1-8-4-5-11(13(18)16-8)14(19)17(3)7-10-6-12(15(20)21)9(2)22-10/h4-6H,7H2,1-3H3,(H,16,18)(H,20,21). The molecule has 2 aromatic rings. The Labute approximate surface area is 126 Å². The van der Waals surface area contributed by atoms with Crippen LogP contribution in [0.2, 0.25) is 0 Å². The molecule has 0 spiro atoms. The Morgan fingerprint density at radius 1 is 1.27 bits per heavy atom. The number of carbonyl (C=O) groups excluding carboxylic acids is 1. The second-order valence-electron chi connectivity index (χ2n) is 5.03. The maximum absolute atomic E-state index is 12.3. The molecule has 0 saturated heterocycles. The maximum atomic E-state index is 12.3. The van der Waals surface area contributed by atoms with Crippen molar-refractivity contribution in [1.82, 2.24) is 9.88 Å². The molecule has 0 saturated carbocycles. The van der Waals surface area contributed by atoms with Crippen molar-refractivity contribution in [3.63, 3.8) is 0 Å². The highest BCUT2D eigenvalue weighted by Crippen LogP contribution is 2.16. The van der Waals surface area contributed by atoms with Crippen LogP contribution in [0.25, 0.3) is 0 Å². The van der Waals surface area contributed by atoms with Crippen molar-refractivity contribution in [1.29, 1.82) is 0 Å². The molecule has 2 heterocycles. The van der Waals surface area contributed by atoms with Gasteiger partial charge < -0.3 is 19.4 Å². The van der Waals surface area contributed by atoms with Gasteiger partial charge in [0, 0.05) is 12.7 Å². The molecule has 22 heavy (non-hydrogen) atoms. The zero-order valence-electron chi connectivity index (χ0n) is 12.5. The van der Waals surface area contributed by atoms with Crippen LogP contribution < -0.4 is 5.56 Å². The van der Waals surface area contributed by atoms with E-state index in [1.165, 1.54) is 24.1 Å². The monoisotopic (exact) mass is 304 g/mol. The molecule has 0 aliphatic carbocycles. The number of hydrogen-bond donors (Lipinski definition) is 2. The number of carbonyl (C=O) groups is 2. The molecule has 2 N–H and O–H groups in total. The van der Waals surface area contributed by atoms with E-state index in [1.54, 1.807) is 19.9 Å². The summed E-state index contributed by atoms with van der Waals surface area (Å²) in [5.74, 6) is -0.936. The Kier molecular flexibility index (Phi) is 4.16. The highest BCUT2D eigenvalue weighted by Gasteiger charge is 2.19. The van der Waals surface area contributed by atoms with Crippen molar-refractivity contribution in [2.24, 2.45) is 0 Å². The van der Waals surface area contributed by atoms with Crippen LogP contribution in [0.1, 0.15) is 37.9 Å². The van der Waals surface area contributed by atoms with Gasteiger partial charge in [-0.1, -0.05) is 0 Å². The number of rotatable bonds is 4. The summed E-state index contributed by atoms with van der Waals surface area (Å²) in [7, 11) is 1.51. The minimum Gasteiger partial charge on any atom is -0.478 e. The smallest absolute Gasteiger partial charge is 0.339 e. The molecule has 0 aliphatic rings. The van der Waals surface area contributed by atoms with Gasteiger partial charge in [0.25, 0.3) is 11.5 Å². The van der Waals surface area contributed by atoms with E-state index in [2.05, 4.69) is 4.98 Å². The molecule has 7 heteroatoms. The fourth-order valence-electron chi connectivity index (χ4n) is 2.09. The van der Waals surface area contributed by atoms with E-state index < -0.39 is 17.4 Å². The Bertz CT molecular complexity index is 787. The summed E-state index contributed by atoms with van der Waals surface area (Å²) in [6.07, 6.45) is 0. The first-order valence-electron chi connectivity index (χ1n) is 6.57. The first-order valence-corrected chi connectivity index (χ1v) is 6.57. The average Bonchev–Trinajstić information content (AvgIpc) is 2.79. The third-order valence-corrected chi connectivity index (χ3v) is 3.22. The first kappa shape index (κ1) is 15.6. The van der Waals surface area contributed by atoms with E-state index >= 15 is 0 Å². The van der Waals surface area contributed by atoms with Crippen LogP contribution in [-0.2, 0) is 6.54 Å². The fourth-order valence-corrected chi connectivity index (χ4v) is 2.09. The number of aromatic carboxylic acids is 1. The molecule has 2 aromatic heterocycles. The number of amides is 1. The van der Waals surface area contributed by atoms with Crippen LogP contribution in [0.15, 0.2) is 27.4 Å².